The number of carbonyl (C=O) groups is 2. The minimum absolute atomic E-state index is 0.00851. The van der Waals surface area contributed by atoms with Gasteiger partial charge in [0.25, 0.3) is 0 Å². The average molecular weight is 376 g/mol. The van der Waals surface area contributed by atoms with Gasteiger partial charge in [-0.2, -0.15) is 0 Å². The number of hydrogen-bond acceptors (Lipinski definition) is 2. The largest absolute Gasteiger partial charge is 0.312 e. The predicted octanol–water partition coefficient (Wildman–Crippen LogP) is 5.36. The van der Waals surface area contributed by atoms with E-state index in [2.05, 4.69) is 12.1 Å². The van der Waals surface area contributed by atoms with Crippen LogP contribution in [0.3, 0.4) is 0 Å². The molecule has 0 spiro atoms. The maximum atomic E-state index is 13.6. The molecule has 2 aliphatic rings. The van der Waals surface area contributed by atoms with Gasteiger partial charge in [-0.15, -0.1) is 0 Å². The molecule has 146 valence electrons. The molecule has 2 fully saturated rings. The number of Topliss-reactive ketones (excluding diaryl/α,β-unsaturated/α-hetero) is 1. The van der Waals surface area contributed by atoms with Crippen LogP contribution in [0.2, 0.25) is 0 Å². The van der Waals surface area contributed by atoms with Crippen LogP contribution in [0.25, 0.3) is 0 Å². The molecular weight excluding hydrogens is 346 g/mol. The monoisotopic (exact) mass is 375 g/mol. The Labute approximate surface area is 167 Å². The summed E-state index contributed by atoms with van der Waals surface area (Å²) in [5, 5.41) is 0. The van der Waals surface area contributed by atoms with Crippen LogP contribution in [-0.4, -0.2) is 18.2 Å². The summed E-state index contributed by atoms with van der Waals surface area (Å²) in [6.07, 6.45) is 6.62. The van der Waals surface area contributed by atoms with E-state index < -0.39 is 0 Å². The van der Waals surface area contributed by atoms with Gasteiger partial charge < -0.3 is 4.90 Å². The highest BCUT2D eigenvalue weighted by Gasteiger charge is 2.42. The molecule has 1 saturated heterocycles. The molecular formula is C25H29NO2. The zero-order valence-corrected chi connectivity index (χ0v) is 16.4. The predicted molar refractivity (Wildman–Crippen MR) is 112 cm³/mol. The molecule has 1 heterocycles. The fraction of sp³-hybridized carbons (Fsp3) is 0.440. The average Bonchev–Trinajstić information content (AvgIpc) is 2.95. The van der Waals surface area contributed by atoms with Crippen LogP contribution in [0.5, 0.6) is 0 Å². The van der Waals surface area contributed by atoms with E-state index in [9.17, 15) is 9.59 Å². The Hall–Kier alpha value is -2.42. The van der Waals surface area contributed by atoms with Crippen molar-refractivity contribution in [1.82, 2.24) is 0 Å². The van der Waals surface area contributed by atoms with Crippen molar-refractivity contribution in [3.8, 4) is 0 Å². The van der Waals surface area contributed by atoms with E-state index in [0.717, 1.165) is 56.3 Å². The molecule has 2 aromatic rings. The lowest BCUT2D eigenvalue weighted by Gasteiger charge is -2.39. The number of ketones is 1. The molecule has 3 unspecified atom stereocenters. The summed E-state index contributed by atoms with van der Waals surface area (Å²) in [5.41, 5.74) is 2.12. The number of hydrogen-bond donors (Lipinski definition) is 0. The number of carbonyl (C=O) groups excluding carboxylic acids is 2. The summed E-state index contributed by atoms with van der Waals surface area (Å²) < 4.78 is 0. The molecule has 1 amide bonds. The Kier molecular flexibility index (Phi) is 5.90. The SMILES string of the molecule is O=C1CCCCCC1C(c1ccccc1)C1CCCN(c2ccccc2)C1=O. The normalized spacial score (nSPS) is 24.6. The number of piperidine rings is 1. The van der Waals surface area contributed by atoms with Crippen LogP contribution in [0.4, 0.5) is 5.69 Å². The van der Waals surface area contributed by atoms with Gasteiger partial charge in [0.2, 0.25) is 5.91 Å². The third-order valence-corrected chi connectivity index (χ3v) is 6.45. The molecule has 1 saturated carbocycles. The van der Waals surface area contributed by atoms with Crippen molar-refractivity contribution in [2.75, 3.05) is 11.4 Å². The highest BCUT2D eigenvalue weighted by molar-refractivity contribution is 5.97. The lowest BCUT2D eigenvalue weighted by Crippen LogP contribution is -2.45. The van der Waals surface area contributed by atoms with E-state index in [4.69, 9.17) is 0 Å². The van der Waals surface area contributed by atoms with Gasteiger partial charge in [0.15, 0.2) is 0 Å². The summed E-state index contributed by atoms with van der Waals surface area (Å²) in [4.78, 5) is 28.5. The van der Waals surface area contributed by atoms with E-state index in [1.54, 1.807) is 0 Å². The van der Waals surface area contributed by atoms with Crippen LogP contribution in [0, 0.1) is 11.8 Å². The topological polar surface area (TPSA) is 37.4 Å². The smallest absolute Gasteiger partial charge is 0.230 e. The van der Waals surface area contributed by atoms with Crippen molar-refractivity contribution < 1.29 is 9.59 Å². The fourth-order valence-corrected chi connectivity index (χ4v) is 5.09. The van der Waals surface area contributed by atoms with Crippen molar-refractivity contribution in [2.45, 2.75) is 50.9 Å². The zero-order chi connectivity index (χ0) is 19.3. The van der Waals surface area contributed by atoms with Crippen molar-refractivity contribution >= 4 is 17.4 Å². The Balaban J connectivity index is 1.69. The molecule has 0 bridgehead atoms. The number of benzene rings is 2. The summed E-state index contributed by atoms with van der Waals surface area (Å²) >= 11 is 0. The quantitative estimate of drug-likeness (QED) is 0.674. The molecule has 1 aliphatic heterocycles. The third-order valence-electron chi connectivity index (χ3n) is 6.45. The summed E-state index contributed by atoms with van der Waals surface area (Å²) in [6, 6.07) is 20.3. The van der Waals surface area contributed by atoms with Gasteiger partial charge >= 0.3 is 0 Å². The first-order chi connectivity index (χ1) is 13.8. The van der Waals surface area contributed by atoms with Crippen molar-refractivity contribution in [3.63, 3.8) is 0 Å². The number of anilines is 1. The highest BCUT2D eigenvalue weighted by atomic mass is 16.2. The fourth-order valence-electron chi connectivity index (χ4n) is 5.09. The second-order valence-corrected chi connectivity index (χ2v) is 8.18. The van der Waals surface area contributed by atoms with E-state index in [0.29, 0.717) is 12.2 Å². The maximum Gasteiger partial charge on any atom is 0.230 e. The number of amides is 1. The molecule has 0 radical (unpaired) electrons. The lowest BCUT2D eigenvalue weighted by molar-refractivity contribution is -0.128. The van der Waals surface area contributed by atoms with Gasteiger partial charge in [-0.25, -0.2) is 0 Å². The first-order valence-electron chi connectivity index (χ1n) is 10.7. The molecule has 1 aliphatic carbocycles. The molecule has 0 aromatic heterocycles. The Morgan fingerprint density at radius 1 is 0.750 bits per heavy atom. The molecule has 2 aromatic carbocycles. The lowest BCUT2D eigenvalue weighted by atomic mass is 9.70. The second-order valence-electron chi connectivity index (χ2n) is 8.18. The number of nitrogens with zero attached hydrogens (tertiary/aromatic N) is 1. The van der Waals surface area contributed by atoms with Crippen LogP contribution in [-0.2, 0) is 9.59 Å². The summed E-state index contributed by atoms with van der Waals surface area (Å²) in [7, 11) is 0. The van der Waals surface area contributed by atoms with Gasteiger partial charge in [0.1, 0.15) is 5.78 Å². The van der Waals surface area contributed by atoms with Crippen LogP contribution in [0.1, 0.15) is 56.4 Å². The third kappa shape index (κ3) is 3.89. The van der Waals surface area contributed by atoms with E-state index in [-0.39, 0.29) is 23.7 Å². The number of para-hydroxylation sites is 1. The minimum atomic E-state index is -0.122. The summed E-state index contributed by atoms with van der Waals surface area (Å²) in [5.74, 6) is 0.378. The van der Waals surface area contributed by atoms with Crippen molar-refractivity contribution in [2.24, 2.45) is 11.8 Å². The molecule has 3 nitrogen and oxygen atoms in total. The van der Waals surface area contributed by atoms with Crippen molar-refractivity contribution in [1.29, 1.82) is 0 Å². The molecule has 4 rings (SSSR count). The van der Waals surface area contributed by atoms with Crippen LogP contribution >= 0.6 is 0 Å². The first-order valence-corrected chi connectivity index (χ1v) is 10.7. The molecule has 28 heavy (non-hydrogen) atoms. The van der Waals surface area contributed by atoms with E-state index in [1.807, 2.05) is 53.4 Å². The Morgan fingerprint density at radius 2 is 1.43 bits per heavy atom. The molecule has 3 atom stereocenters. The van der Waals surface area contributed by atoms with E-state index >= 15 is 0 Å². The highest BCUT2D eigenvalue weighted by Crippen LogP contribution is 2.42. The van der Waals surface area contributed by atoms with Gasteiger partial charge in [-0.1, -0.05) is 61.4 Å². The number of rotatable bonds is 4. The van der Waals surface area contributed by atoms with Crippen molar-refractivity contribution in [3.05, 3.63) is 66.2 Å². The van der Waals surface area contributed by atoms with Gasteiger partial charge in [-0.05, 0) is 43.4 Å². The summed E-state index contributed by atoms with van der Waals surface area (Å²) in [6.45, 7) is 0.763. The molecule has 0 N–H and O–H groups in total. The van der Waals surface area contributed by atoms with Gasteiger partial charge in [-0.3, -0.25) is 9.59 Å². The van der Waals surface area contributed by atoms with E-state index in [1.165, 1.54) is 0 Å². The maximum absolute atomic E-state index is 13.6. The Bertz CT molecular complexity index is 802. The first kappa shape index (κ1) is 18.9. The molecule has 3 heteroatoms. The van der Waals surface area contributed by atoms with Crippen LogP contribution in [0.15, 0.2) is 60.7 Å². The van der Waals surface area contributed by atoms with Crippen LogP contribution < -0.4 is 4.90 Å². The second kappa shape index (κ2) is 8.72. The van der Waals surface area contributed by atoms with Gasteiger partial charge in [0, 0.05) is 36.4 Å². The Morgan fingerprint density at radius 3 is 2.18 bits per heavy atom. The standard InChI is InChI=1S/C25H29NO2/c27-23-17-9-3-8-15-21(23)24(19-11-4-1-5-12-19)22-16-10-18-26(25(22)28)20-13-6-2-7-14-20/h1-2,4-7,11-14,21-22,24H,3,8-10,15-18H2. The zero-order valence-electron chi connectivity index (χ0n) is 16.4. The van der Waals surface area contributed by atoms with Gasteiger partial charge in [0.05, 0.1) is 0 Å². The minimum Gasteiger partial charge on any atom is -0.312 e.